The maximum Gasteiger partial charge on any atom is 0.107 e. The van der Waals surface area contributed by atoms with Crippen LogP contribution in [0.25, 0.3) is 0 Å². The molecule has 1 rings (SSSR count). The second-order valence-corrected chi connectivity index (χ2v) is 3.37. The molecule has 0 aliphatic rings. The molecule has 7 N–H and O–H groups in total. The van der Waals surface area contributed by atoms with E-state index in [2.05, 4.69) is 0 Å². The first-order valence-corrected chi connectivity index (χ1v) is 4.68. The maximum atomic E-state index is 9.73. The molecule has 2 unspecified atom stereocenters. The van der Waals surface area contributed by atoms with Gasteiger partial charge in [0.1, 0.15) is 6.10 Å². The summed E-state index contributed by atoms with van der Waals surface area (Å²) in [6, 6.07) is 4.86. The summed E-state index contributed by atoms with van der Waals surface area (Å²) in [7, 11) is 0. The lowest BCUT2D eigenvalue weighted by Crippen LogP contribution is -2.20. The van der Waals surface area contributed by atoms with Crippen LogP contribution in [0.5, 0.6) is 0 Å². The van der Waals surface area contributed by atoms with Crippen molar-refractivity contribution >= 4 is 11.4 Å². The SMILES string of the molecule is Nc1cccc(C(O)C(O)CCO)c1N. The molecule has 1 aromatic carbocycles. The summed E-state index contributed by atoms with van der Waals surface area (Å²) >= 11 is 0. The van der Waals surface area contributed by atoms with Crippen LogP contribution in [-0.2, 0) is 0 Å². The predicted molar refractivity (Wildman–Crippen MR) is 57.9 cm³/mol. The van der Waals surface area contributed by atoms with Crippen LogP contribution in [0, 0.1) is 0 Å². The maximum absolute atomic E-state index is 9.73. The molecule has 5 nitrogen and oxygen atoms in total. The Morgan fingerprint density at radius 1 is 1.20 bits per heavy atom. The average molecular weight is 212 g/mol. The van der Waals surface area contributed by atoms with E-state index in [4.69, 9.17) is 16.6 Å². The highest BCUT2D eigenvalue weighted by atomic mass is 16.3. The molecule has 0 spiro atoms. The van der Waals surface area contributed by atoms with Gasteiger partial charge in [0, 0.05) is 12.2 Å². The molecule has 0 radical (unpaired) electrons. The summed E-state index contributed by atoms with van der Waals surface area (Å²) < 4.78 is 0. The van der Waals surface area contributed by atoms with E-state index in [1.165, 1.54) is 0 Å². The monoisotopic (exact) mass is 212 g/mol. The Morgan fingerprint density at radius 2 is 1.87 bits per heavy atom. The Balaban J connectivity index is 2.90. The zero-order valence-electron chi connectivity index (χ0n) is 8.30. The van der Waals surface area contributed by atoms with Crippen molar-refractivity contribution in [3.8, 4) is 0 Å². The molecule has 5 heteroatoms. The van der Waals surface area contributed by atoms with Crippen molar-refractivity contribution < 1.29 is 15.3 Å². The van der Waals surface area contributed by atoms with Gasteiger partial charge in [-0.05, 0) is 12.5 Å². The van der Waals surface area contributed by atoms with Gasteiger partial charge in [0.15, 0.2) is 0 Å². The van der Waals surface area contributed by atoms with E-state index in [1.807, 2.05) is 0 Å². The summed E-state index contributed by atoms with van der Waals surface area (Å²) in [6.07, 6.45) is -2.07. The Morgan fingerprint density at radius 3 is 2.47 bits per heavy atom. The highest BCUT2D eigenvalue weighted by Gasteiger charge is 2.20. The third kappa shape index (κ3) is 2.59. The molecule has 0 aliphatic carbocycles. The first-order chi connectivity index (χ1) is 7.07. The average Bonchev–Trinajstić information content (AvgIpc) is 2.21. The highest BCUT2D eigenvalue weighted by molar-refractivity contribution is 5.67. The molecule has 84 valence electrons. The molecular weight excluding hydrogens is 196 g/mol. The summed E-state index contributed by atoms with van der Waals surface area (Å²) in [5, 5.41) is 27.8. The van der Waals surface area contributed by atoms with Gasteiger partial charge in [-0.3, -0.25) is 0 Å². The lowest BCUT2D eigenvalue weighted by molar-refractivity contribution is 0.00463. The van der Waals surface area contributed by atoms with E-state index >= 15 is 0 Å². The van der Waals surface area contributed by atoms with Gasteiger partial charge in [-0.2, -0.15) is 0 Å². The number of anilines is 2. The third-order valence-corrected chi connectivity index (χ3v) is 2.28. The van der Waals surface area contributed by atoms with Crippen molar-refractivity contribution in [2.45, 2.75) is 18.6 Å². The van der Waals surface area contributed by atoms with Crippen molar-refractivity contribution in [1.82, 2.24) is 0 Å². The van der Waals surface area contributed by atoms with Gasteiger partial charge in [0.05, 0.1) is 17.5 Å². The van der Waals surface area contributed by atoms with Crippen molar-refractivity contribution in [2.24, 2.45) is 0 Å². The topological polar surface area (TPSA) is 113 Å². The molecule has 0 saturated heterocycles. The summed E-state index contributed by atoms with van der Waals surface area (Å²) in [6.45, 7) is -0.194. The van der Waals surface area contributed by atoms with Crippen LogP contribution in [0.3, 0.4) is 0 Å². The predicted octanol–water partition coefficient (Wildman–Crippen LogP) is -0.372. The largest absolute Gasteiger partial charge is 0.397 e. The number of rotatable bonds is 4. The molecule has 15 heavy (non-hydrogen) atoms. The summed E-state index contributed by atoms with van der Waals surface area (Å²) in [4.78, 5) is 0. The third-order valence-electron chi connectivity index (χ3n) is 2.28. The van der Waals surface area contributed by atoms with E-state index in [9.17, 15) is 10.2 Å². The van der Waals surface area contributed by atoms with Gasteiger partial charge >= 0.3 is 0 Å². The van der Waals surface area contributed by atoms with Crippen LogP contribution in [0.15, 0.2) is 18.2 Å². The van der Waals surface area contributed by atoms with Crippen molar-refractivity contribution in [1.29, 1.82) is 0 Å². The van der Waals surface area contributed by atoms with Crippen LogP contribution >= 0.6 is 0 Å². The van der Waals surface area contributed by atoms with E-state index in [-0.39, 0.29) is 18.7 Å². The second kappa shape index (κ2) is 4.97. The van der Waals surface area contributed by atoms with E-state index < -0.39 is 12.2 Å². The zero-order valence-corrected chi connectivity index (χ0v) is 8.30. The Bertz CT molecular complexity index is 330. The molecule has 0 bridgehead atoms. The molecule has 0 saturated carbocycles. The minimum absolute atomic E-state index is 0.0927. The molecule has 1 aromatic rings. The van der Waals surface area contributed by atoms with Crippen molar-refractivity contribution in [3.63, 3.8) is 0 Å². The van der Waals surface area contributed by atoms with Gasteiger partial charge in [-0.25, -0.2) is 0 Å². The fourth-order valence-corrected chi connectivity index (χ4v) is 1.36. The number of hydrogen-bond acceptors (Lipinski definition) is 5. The lowest BCUT2D eigenvalue weighted by atomic mass is 10.00. The van der Waals surface area contributed by atoms with E-state index in [0.717, 1.165) is 0 Å². The number of nitrogens with two attached hydrogens (primary N) is 2. The number of benzene rings is 1. The zero-order chi connectivity index (χ0) is 11.4. The first-order valence-electron chi connectivity index (χ1n) is 4.68. The molecular formula is C10H16N2O3. The number of hydrogen-bond donors (Lipinski definition) is 5. The van der Waals surface area contributed by atoms with Crippen molar-refractivity contribution in [2.75, 3.05) is 18.1 Å². The van der Waals surface area contributed by atoms with E-state index in [0.29, 0.717) is 11.3 Å². The molecule has 0 aliphatic heterocycles. The number of para-hydroxylation sites is 1. The molecule has 0 fully saturated rings. The van der Waals surface area contributed by atoms with Gasteiger partial charge in [-0.15, -0.1) is 0 Å². The second-order valence-electron chi connectivity index (χ2n) is 3.37. The minimum Gasteiger partial charge on any atom is -0.397 e. The van der Waals surface area contributed by atoms with Crippen LogP contribution in [-0.4, -0.2) is 28.0 Å². The quantitative estimate of drug-likeness (QED) is 0.437. The Hall–Kier alpha value is -1.30. The fourth-order valence-electron chi connectivity index (χ4n) is 1.36. The van der Waals surface area contributed by atoms with Gasteiger partial charge in [0.2, 0.25) is 0 Å². The molecule has 0 amide bonds. The highest BCUT2D eigenvalue weighted by Crippen LogP contribution is 2.28. The minimum atomic E-state index is -1.12. The normalized spacial score (nSPS) is 14.9. The molecule has 0 aromatic heterocycles. The lowest BCUT2D eigenvalue weighted by Gasteiger charge is -2.19. The fraction of sp³-hybridized carbons (Fsp3) is 0.400. The Labute approximate surface area is 88.0 Å². The van der Waals surface area contributed by atoms with E-state index in [1.54, 1.807) is 18.2 Å². The van der Waals surface area contributed by atoms with Crippen LogP contribution < -0.4 is 11.5 Å². The van der Waals surface area contributed by atoms with Crippen LogP contribution in [0.2, 0.25) is 0 Å². The van der Waals surface area contributed by atoms with Crippen molar-refractivity contribution in [3.05, 3.63) is 23.8 Å². The number of aliphatic hydroxyl groups is 3. The smallest absolute Gasteiger partial charge is 0.107 e. The molecule has 0 heterocycles. The summed E-state index contributed by atoms with van der Waals surface area (Å²) in [5.41, 5.74) is 12.2. The summed E-state index contributed by atoms with van der Waals surface area (Å²) in [5.74, 6) is 0. The van der Waals surface area contributed by atoms with Gasteiger partial charge in [0.25, 0.3) is 0 Å². The van der Waals surface area contributed by atoms with Crippen LogP contribution in [0.4, 0.5) is 11.4 Å². The van der Waals surface area contributed by atoms with Crippen LogP contribution in [0.1, 0.15) is 18.1 Å². The molecule has 2 atom stereocenters. The number of aliphatic hydroxyl groups excluding tert-OH is 3. The standard InChI is InChI=1S/C10H16N2O3/c11-7-3-1-2-6(9(7)12)10(15)8(14)4-5-13/h1-3,8,10,13-15H,4-5,11-12H2. The number of nitrogen functional groups attached to an aromatic ring is 2. The van der Waals surface area contributed by atoms with Gasteiger partial charge < -0.3 is 26.8 Å². The van der Waals surface area contributed by atoms with Gasteiger partial charge in [-0.1, -0.05) is 12.1 Å². The Kier molecular flexibility index (Phi) is 3.90. The first kappa shape index (κ1) is 11.8.